The Bertz CT molecular complexity index is 612. The topological polar surface area (TPSA) is 29.3 Å². The minimum Gasteiger partial charge on any atom is -0.389 e. The van der Waals surface area contributed by atoms with E-state index in [4.69, 9.17) is 29.6 Å². The molecule has 6 heteroatoms. The van der Waals surface area contributed by atoms with Gasteiger partial charge in [-0.3, -0.25) is 0 Å². The molecule has 0 aliphatic heterocycles. The van der Waals surface area contributed by atoms with Crippen LogP contribution in [0.2, 0.25) is 4.34 Å². The summed E-state index contributed by atoms with van der Waals surface area (Å²) in [7, 11) is 1.91. The van der Waals surface area contributed by atoms with Crippen LogP contribution in [0.5, 0.6) is 0 Å². The van der Waals surface area contributed by atoms with Gasteiger partial charge in [-0.05, 0) is 30.3 Å². The lowest BCUT2D eigenvalue weighted by atomic mass is 10.1. The Balaban J connectivity index is 2.28. The fraction of sp³-hybridized carbons (Fsp3) is 0.154. The van der Waals surface area contributed by atoms with Crippen molar-refractivity contribution in [1.82, 2.24) is 0 Å². The first-order valence-corrected chi connectivity index (χ1v) is 7.12. The third-order valence-electron chi connectivity index (χ3n) is 2.66. The van der Waals surface area contributed by atoms with Gasteiger partial charge in [-0.2, -0.15) is 0 Å². The summed E-state index contributed by atoms with van der Waals surface area (Å²) in [5.41, 5.74) is 6.98. The Hall–Kier alpha value is -1.17. The van der Waals surface area contributed by atoms with Crippen molar-refractivity contribution in [1.29, 1.82) is 0 Å². The van der Waals surface area contributed by atoms with Gasteiger partial charge in [-0.1, -0.05) is 23.8 Å². The van der Waals surface area contributed by atoms with E-state index in [1.807, 2.05) is 24.1 Å². The molecule has 0 spiro atoms. The SMILES string of the molecule is CN(Cc1ccc(Cl)s1)c1ccc(F)cc1C(N)=S. The first-order chi connectivity index (χ1) is 8.97. The maximum Gasteiger partial charge on any atom is 0.124 e. The molecule has 0 amide bonds. The van der Waals surface area contributed by atoms with Crippen molar-refractivity contribution in [3.8, 4) is 0 Å². The summed E-state index contributed by atoms with van der Waals surface area (Å²) in [5, 5.41) is 0. The lowest BCUT2D eigenvalue weighted by Gasteiger charge is -2.21. The zero-order chi connectivity index (χ0) is 14.0. The monoisotopic (exact) mass is 314 g/mol. The number of benzene rings is 1. The molecule has 0 unspecified atom stereocenters. The summed E-state index contributed by atoms with van der Waals surface area (Å²) < 4.78 is 14.0. The van der Waals surface area contributed by atoms with Gasteiger partial charge in [0.05, 0.1) is 10.9 Å². The summed E-state index contributed by atoms with van der Waals surface area (Å²) in [4.78, 5) is 3.27. The van der Waals surface area contributed by atoms with Crippen LogP contribution >= 0.6 is 35.2 Å². The molecule has 1 aromatic carbocycles. The van der Waals surface area contributed by atoms with E-state index < -0.39 is 0 Å². The third-order valence-corrected chi connectivity index (χ3v) is 4.09. The van der Waals surface area contributed by atoms with E-state index >= 15 is 0 Å². The van der Waals surface area contributed by atoms with Gasteiger partial charge in [0, 0.05) is 23.2 Å². The molecule has 100 valence electrons. The van der Waals surface area contributed by atoms with Crippen LogP contribution in [0.4, 0.5) is 10.1 Å². The molecule has 0 saturated carbocycles. The van der Waals surface area contributed by atoms with Gasteiger partial charge in [-0.25, -0.2) is 4.39 Å². The average molecular weight is 315 g/mol. The minimum absolute atomic E-state index is 0.186. The first kappa shape index (κ1) is 14.2. The molecule has 1 heterocycles. The van der Waals surface area contributed by atoms with Crippen molar-refractivity contribution in [3.63, 3.8) is 0 Å². The van der Waals surface area contributed by atoms with Crippen LogP contribution in [-0.2, 0) is 6.54 Å². The van der Waals surface area contributed by atoms with E-state index in [-0.39, 0.29) is 10.8 Å². The summed E-state index contributed by atoms with van der Waals surface area (Å²) in [6.45, 7) is 0.665. The van der Waals surface area contributed by atoms with E-state index in [0.29, 0.717) is 12.1 Å². The van der Waals surface area contributed by atoms with Crippen molar-refractivity contribution >= 4 is 45.8 Å². The number of thiocarbonyl (C=S) groups is 1. The van der Waals surface area contributed by atoms with E-state index in [1.165, 1.54) is 23.5 Å². The number of thiophene rings is 1. The second-order valence-corrected chi connectivity index (χ2v) is 6.33. The van der Waals surface area contributed by atoms with Gasteiger partial charge >= 0.3 is 0 Å². The second kappa shape index (κ2) is 5.86. The normalized spacial score (nSPS) is 10.5. The molecule has 0 radical (unpaired) electrons. The zero-order valence-electron chi connectivity index (χ0n) is 10.2. The third kappa shape index (κ3) is 3.43. The molecule has 1 aromatic heterocycles. The number of halogens is 2. The highest BCUT2D eigenvalue weighted by Gasteiger charge is 2.12. The second-order valence-electron chi connectivity index (χ2n) is 4.09. The predicted octanol–water partition coefficient (Wildman–Crippen LogP) is 3.81. The highest BCUT2D eigenvalue weighted by molar-refractivity contribution is 7.80. The number of rotatable bonds is 4. The fourth-order valence-electron chi connectivity index (χ4n) is 1.79. The van der Waals surface area contributed by atoms with Gasteiger partial charge in [0.2, 0.25) is 0 Å². The molecular weight excluding hydrogens is 303 g/mol. The van der Waals surface area contributed by atoms with Crippen LogP contribution in [0.15, 0.2) is 30.3 Å². The lowest BCUT2D eigenvalue weighted by molar-refractivity contribution is 0.627. The Kier molecular flexibility index (Phi) is 4.39. The van der Waals surface area contributed by atoms with Gasteiger partial charge < -0.3 is 10.6 Å². The predicted molar refractivity (Wildman–Crippen MR) is 83.7 cm³/mol. The van der Waals surface area contributed by atoms with Crippen LogP contribution < -0.4 is 10.6 Å². The maximum absolute atomic E-state index is 13.3. The molecule has 2 N–H and O–H groups in total. The summed E-state index contributed by atoms with van der Waals surface area (Å²) in [6.07, 6.45) is 0. The molecule has 0 aliphatic carbocycles. The number of nitrogens with zero attached hydrogens (tertiary/aromatic N) is 1. The Labute approximate surface area is 125 Å². The number of anilines is 1. The standard InChI is InChI=1S/C13H12ClFN2S2/c1-17(7-9-3-5-12(14)19-9)11-4-2-8(15)6-10(11)13(16)18/h2-6H,7H2,1H3,(H2,16,18). The fourth-order valence-corrected chi connectivity index (χ4v) is 3.10. The molecule has 2 nitrogen and oxygen atoms in total. The lowest BCUT2D eigenvalue weighted by Crippen LogP contribution is -2.21. The highest BCUT2D eigenvalue weighted by atomic mass is 35.5. The smallest absolute Gasteiger partial charge is 0.124 e. The van der Waals surface area contributed by atoms with Gasteiger partial charge in [0.25, 0.3) is 0 Å². The maximum atomic E-state index is 13.3. The quantitative estimate of drug-likeness (QED) is 0.870. The molecule has 0 aliphatic rings. The Morgan fingerprint density at radius 1 is 1.42 bits per heavy atom. The molecule has 0 bridgehead atoms. The van der Waals surface area contributed by atoms with E-state index in [9.17, 15) is 4.39 Å². The Morgan fingerprint density at radius 3 is 2.74 bits per heavy atom. The van der Waals surface area contributed by atoms with Crippen molar-refractivity contribution in [3.05, 3.63) is 50.9 Å². The van der Waals surface area contributed by atoms with Crippen LogP contribution in [0.1, 0.15) is 10.4 Å². The molecule has 0 saturated heterocycles. The largest absolute Gasteiger partial charge is 0.389 e. The van der Waals surface area contributed by atoms with Crippen molar-refractivity contribution in [2.45, 2.75) is 6.54 Å². The number of nitrogens with two attached hydrogens (primary N) is 1. The number of hydrogen-bond acceptors (Lipinski definition) is 3. The molecule has 19 heavy (non-hydrogen) atoms. The van der Waals surface area contributed by atoms with Crippen molar-refractivity contribution in [2.24, 2.45) is 5.73 Å². The minimum atomic E-state index is -0.348. The van der Waals surface area contributed by atoms with Crippen molar-refractivity contribution < 1.29 is 4.39 Å². The van der Waals surface area contributed by atoms with Crippen LogP contribution in [0.3, 0.4) is 0 Å². The van der Waals surface area contributed by atoms with Gasteiger partial charge in [0.15, 0.2) is 0 Å². The molecule has 0 fully saturated rings. The number of hydrogen-bond donors (Lipinski definition) is 1. The molecule has 2 aromatic rings. The van der Waals surface area contributed by atoms with E-state index in [0.717, 1.165) is 14.9 Å². The van der Waals surface area contributed by atoms with E-state index in [1.54, 1.807) is 6.07 Å². The average Bonchev–Trinajstić information content (AvgIpc) is 2.74. The molecule has 2 rings (SSSR count). The van der Waals surface area contributed by atoms with Crippen LogP contribution in [0.25, 0.3) is 0 Å². The van der Waals surface area contributed by atoms with E-state index in [2.05, 4.69) is 0 Å². The highest BCUT2D eigenvalue weighted by Crippen LogP contribution is 2.26. The van der Waals surface area contributed by atoms with Gasteiger partial charge in [0.1, 0.15) is 10.8 Å². The van der Waals surface area contributed by atoms with Crippen LogP contribution in [-0.4, -0.2) is 12.0 Å². The van der Waals surface area contributed by atoms with Crippen molar-refractivity contribution in [2.75, 3.05) is 11.9 Å². The van der Waals surface area contributed by atoms with Gasteiger partial charge in [-0.15, -0.1) is 11.3 Å². The first-order valence-electron chi connectivity index (χ1n) is 5.52. The molecule has 0 atom stereocenters. The van der Waals surface area contributed by atoms with Crippen LogP contribution in [0, 0.1) is 5.82 Å². The summed E-state index contributed by atoms with van der Waals surface area (Å²) in [6, 6.07) is 8.26. The zero-order valence-corrected chi connectivity index (χ0v) is 12.6. The summed E-state index contributed by atoms with van der Waals surface area (Å²) in [5.74, 6) is -0.348. The Morgan fingerprint density at radius 2 is 2.16 bits per heavy atom. The summed E-state index contributed by atoms with van der Waals surface area (Å²) >= 11 is 12.4. The molecular formula is C13H12ClFN2S2.